The van der Waals surface area contributed by atoms with E-state index in [9.17, 15) is 0 Å². The van der Waals surface area contributed by atoms with Crippen LogP contribution < -0.4 is 5.32 Å². The van der Waals surface area contributed by atoms with Crippen molar-refractivity contribution in [2.24, 2.45) is 0 Å². The highest BCUT2D eigenvalue weighted by molar-refractivity contribution is 4.69. The smallest absolute Gasteiger partial charge is 0.0634 e. The van der Waals surface area contributed by atoms with Crippen molar-refractivity contribution >= 4 is 0 Å². The Bertz CT molecular complexity index is 99.7. The molecule has 0 aromatic rings. The van der Waals surface area contributed by atoms with Crippen molar-refractivity contribution < 1.29 is 4.74 Å². The van der Waals surface area contributed by atoms with E-state index in [0.717, 1.165) is 13.0 Å². The van der Waals surface area contributed by atoms with Crippen LogP contribution in [0.4, 0.5) is 0 Å². The van der Waals surface area contributed by atoms with Gasteiger partial charge in [-0.05, 0) is 26.8 Å². The van der Waals surface area contributed by atoms with Crippen LogP contribution in [0.25, 0.3) is 0 Å². The highest BCUT2D eigenvalue weighted by Gasteiger charge is 2.14. The average molecular weight is 159 g/mol. The molecule has 0 heterocycles. The fraction of sp³-hybridized carbons (Fsp3) is 1.00. The van der Waals surface area contributed by atoms with Crippen LogP contribution in [0.2, 0.25) is 0 Å². The maximum atomic E-state index is 5.28. The summed E-state index contributed by atoms with van der Waals surface area (Å²) >= 11 is 0. The molecule has 0 aromatic heterocycles. The first kappa shape index (κ1) is 10.9. The molecule has 0 saturated carbocycles. The summed E-state index contributed by atoms with van der Waals surface area (Å²) in [5, 5.41) is 3.36. The Balaban J connectivity index is 3.38. The third-order valence-corrected chi connectivity index (χ3v) is 1.83. The lowest BCUT2D eigenvalue weighted by Crippen LogP contribution is -2.31. The summed E-state index contributed by atoms with van der Waals surface area (Å²) < 4.78 is 5.28. The van der Waals surface area contributed by atoms with E-state index in [1.807, 2.05) is 0 Å². The van der Waals surface area contributed by atoms with Gasteiger partial charge in [0.2, 0.25) is 0 Å². The Morgan fingerprint density at radius 3 is 2.27 bits per heavy atom. The van der Waals surface area contributed by atoms with Gasteiger partial charge in [0.25, 0.3) is 0 Å². The van der Waals surface area contributed by atoms with E-state index in [1.54, 1.807) is 7.11 Å². The first-order chi connectivity index (χ1) is 4.98. The number of hydrogen-bond acceptors (Lipinski definition) is 2. The summed E-state index contributed by atoms with van der Waals surface area (Å²) in [5.41, 5.74) is 0.0158. The summed E-state index contributed by atoms with van der Waals surface area (Å²) in [4.78, 5) is 0. The zero-order valence-electron chi connectivity index (χ0n) is 8.40. The summed E-state index contributed by atoms with van der Waals surface area (Å²) in [5.74, 6) is 0. The monoisotopic (exact) mass is 159 g/mol. The second kappa shape index (κ2) is 4.73. The lowest BCUT2D eigenvalue weighted by molar-refractivity contribution is 0.0155. The van der Waals surface area contributed by atoms with Gasteiger partial charge in [-0.25, -0.2) is 0 Å². The minimum absolute atomic E-state index is 0.0158. The molecule has 1 N–H and O–H groups in total. The molecule has 0 amide bonds. The largest absolute Gasteiger partial charge is 0.379 e. The zero-order valence-corrected chi connectivity index (χ0v) is 8.40. The van der Waals surface area contributed by atoms with E-state index >= 15 is 0 Å². The molecule has 0 bridgehead atoms. The Morgan fingerprint density at radius 1 is 1.36 bits per heavy atom. The van der Waals surface area contributed by atoms with Crippen LogP contribution in [-0.2, 0) is 4.74 Å². The Kier molecular flexibility index (Phi) is 4.69. The predicted octanol–water partition coefficient (Wildman–Crippen LogP) is 1.80. The molecule has 0 spiro atoms. The molecule has 0 aliphatic heterocycles. The SMILES string of the molecule is COC(C)(C)CCNC(C)C. The van der Waals surface area contributed by atoms with Crippen molar-refractivity contribution in [3.8, 4) is 0 Å². The van der Waals surface area contributed by atoms with Crippen LogP contribution in [-0.4, -0.2) is 25.3 Å². The lowest BCUT2D eigenvalue weighted by atomic mass is 10.1. The van der Waals surface area contributed by atoms with Crippen molar-refractivity contribution in [3.05, 3.63) is 0 Å². The summed E-state index contributed by atoms with van der Waals surface area (Å²) in [7, 11) is 1.76. The molecule has 0 rings (SSSR count). The maximum absolute atomic E-state index is 5.28. The van der Waals surface area contributed by atoms with Gasteiger partial charge in [-0.1, -0.05) is 13.8 Å². The molecule has 0 aromatic carbocycles. The molecule has 0 fully saturated rings. The van der Waals surface area contributed by atoms with Gasteiger partial charge >= 0.3 is 0 Å². The van der Waals surface area contributed by atoms with Gasteiger partial charge in [0.05, 0.1) is 5.60 Å². The number of ether oxygens (including phenoxy) is 1. The van der Waals surface area contributed by atoms with Gasteiger partial charge in [0.15, 0.2) is 0 Å². The zero-order chi connectivity index (χ0) is 8.91. The van der Waals surface area contributed by atoms with Crippen molar-refractivity contribution in [1.82, 2.24) is 5.32 Å². The second-order valence-electron chi connectivity index (χ2n) is 3.82. The Labute approximate surface area is 70.3 Å². The van der Waals surface area contributed by atoms with Gasteiger partial charge in [-0.2, -0.15) is 0 Å². The van der Waals surface area contributed by atoms with Crippen LogP contribution in [0.1, 0.15) is 34.1 Å². The molecule has 11 heavy (non-hydrogen) atoms. The van der Waals surface area contributed by atoms with E-state index in [1.165, 1.54) is 0 Å². The number of methoxy groups -OCH3 is 1. The van der Waals surface area contributed by atoms with E-state index < -0.39 is 0 Å². The van der Waals surface area contributed by atoms with Crippen LogP contribution in [0.3, 0.4) is 0 Å². The number of nitrogens with one attached hydrogen (secondary N) is 1. The first-order valence-corrected chi connectivity index (χ1v) is 4.26. The molecule has 0 radical (unpaired) electrons. The van der Waals surface area contributed by atoms with E-state index in [-0.39, 0.29) is 5.60 Å². The molecule has 68 valence electrons. The van der Waals surface area contributed by atoms with E-state index in [2.05, 4.69) is 33.0 Å². The minimum Gasteiger partial charge on any atom is -0.379 e. The van der Waals surface area contributed by atoms with Crippen LogP contribution >= 0.6 is 0 Å². The van der Waals surface area contributed by atoms with Crippen molar-refractivity contribution in [3.63, 3.8) is 0 Å². The molecule has 0 aliphatic rings. The van der Waals surface area contributed by atoms with Crippen LogP contribution in [0.15, 0.2) is 0 Å². The van der Waals surface area contributed by atoms with Crippen molar-refractivity contribution in [2.45, 2.75) is 45.8 Å². The average Bonchev–Trinajstić information content (AvgIpc) is 1.87. The molecular weight excluding hydrogens is 138 g/mol. The van der Waals surface area contributed by atoms with E-state index in [0.29, 0.717) is 6.04 Å². The molecule has 0 saturated heterocycles. The molecule has 2 heteroatoms. The predicted molar refractivity (Wildman–Crippen MR) is 48.8 cm³/mol. The fourth-order valence-corrected chi connectivity index (χ4v) is 0.764. The standard InChI is InChI=1S/C9H21NO/c1-8(2)10-7-6-9(3,4)11-5/h8,10H,6-7H2,1-5H3. The maximum Gasteiger partial charge on any atom is 0.0634 e. The summed E-state index contributed by atoms with van der Waals surface area (Å²) in [6, 6.07) is 0.572. The second-order valence-corrected chi connectivity index (χ2v) is 3.82. The van der Waals surface area contributed by atoms with Crippen molar-refractivity contribution in [1.29, 1.82) is 0 Å². The third-order valence-electron chi connectivity index (χ3n) is 1.83. The molecular formula is C9H21NO. The Hall–Kier alpha value is -0.0800. The van der Waals surface area contributed by atoms with Gasteiger partial charge in [-0.3, -0.25) is 0 Å². The topological polar surface area (TPSA) is 21.3 Å². The van der Waals surface area contributed by atoms with Crippen molar-refractivity contribution in [2.75, 3.05) is 13.7 Å². The van der Waals surface area contributed by atoms with Crippen LogP contribution in [0, 0.1) is 0 Å². The summed E-state index contributed by atoms with van der Waals surface area (Å²) in [6.07, 6.45) is 1.06. The van der Waals surface area contributed by atoms with E-state index in [4.69, 9.17) is 4.74 Å². The first-order valence-electron chi connectivity index (χ1n) is 4.26. The number of rotatable bonds is 5. The van der Waals surface area contributed by atoms with Gasteiger partial charge < -0.3 is 10.1 Å². The molecule has 2 nitrogen and oxygen atoms in total. The molecule has 0 unspecified atom stereocenters. The van der Waals surface area contributed by atoms with Gasteiger partial charge in [-0.15, -0.1) is 0 Å². The highest BCUT2D eigenvalue weighted by atomic mass is 16.5. The number of hydrogen-bond donors (Lipinski definition) is 1. The Morgan fingerprint density at radius 2 is 1.91 bits per heavy atom. The fourth-order valence-electron chi connectivity index (χ4n) is 0.764. The van der Waals surface area contributed by atoms with Gasteiger partial charge in [0, 0.05) is 13.2 Å². The molecule has 0 atom stereocenters. The quantitative estimate of drug-likeness (QED) is 0.660. The van der Waals surface area contributed by atoms with Gasteiger partial charge in [0.1, 0.15) is 0 Å². The molecule has 0 aliphatic carbocycles. The minimum atomic E-state index is 0.0158. The third kappa shape index (κ3) is 6.32. The van der Waals surface area contributed by atoms with Crippen LogP contribution in [0.5, 0.6) is 0 Å². The highest BCUT2D eigenvalue weighted by Crippen LogP contribution is 2.11. The normalized spacial score (nSPS) is 12.5. The lowest BCUT2D eigenvalue weighted by Gasteiger charge is -2.23. The summed E-state index contributed by atoms with van der Waals surface area (Å²) in [6.45, 7) is 9.54.